The van der Waals surface area contributed by atoms with Gasteiger partial charge in [-0.05, 0) is 13.0 Å². The van der Waals surface area contributed by atoms with Crippen LogP contribution in [0.4, 0.5) is 9.18 Å². The summed E-state index contributed by atoms with van der Waals surface area (Å²) in [6.45, 7) is 1.87. The summed E-state index contributed by atoms with van der Waals surface area (Å²) in [4.78, 5) is 14.2. The van der Waals surface area contributed by atoms with Crippen molar-refractivity contribution in [2.75, 3.05) is 6.61 Å². The quantitative estimate of drug-likeness (QED) is 0.658. The van der Waals surface area contributed by atoms with Crippen molar-refractivity contribution in [3.63, 3.8) is 0 Å². The van der Waals surface area contributed by atoms with E-state index in [1.807, 2.05) is 0 Å². The molecule has 0 bridgehead atoms. The average Bonchev–Trinajstić information content (AvgIpc) is 2.09. The lowest BCUT2D eigenvalue weighted by molar-refractivity contribution is 0.102. The van der Waals surface area contributed by atoms with Gasteiger partial charge in [-0.2, -0.15) is 0 Å². The van der Waals surface area contributed by atoms with E-state index in [1.54, 1.807) is 6.92 Å². The van der Waals surface area contributed by atoms with Gasteiger partial charge in [-0.3, -0.25) is 0 Å². The Kier molecular flexibility index (Phi) is 3.19. The zero-order valence-electron chi connectivity index (χ0n) is 6.99. The molecule has 13 heavy (non-hydrogen) atoms. The maximum atomic E-state index is 12.3. The van der Waals surface area contributed by atoms with E-state index in [9.17, 15) is 9.18 Å². The predicted molar refractivity (Wildman–Crippen MR) is 41.8 cm³/mol. The van der Waals surface area contributed by atoms with Crippen LogP contribution in [-0.2, 0) is 4.74 Å². The van der Waals surface area contributed by atoms with Crippen LogP contribution in [0.15, 0.2) is 18.3 Å². The molecule has 70 valence electrons. The van der Waals surface area contributed by atoms with Crippen molar-refractivity contribution in [2.24, 2.45) is 0 Å². The summed E-state index contributed by atoms with van der Waals surface area (Å²) in [6, 6.07) is 2.38. The third-order valence-electron chi connectivity index (χ3n) is 1.15. The largest absolute Gasteiger partial charge is 0.515 e. The topological polar surface area (TPSA) is 48.4 Å². The summed E-state index contributed by atoms with van der Waals surface area (Å²) in [7, 11) is 0. The first kappa shape index (κ1) is 9.44. The van der Waals surface area contributed by atoms with Gasteiger partial charge in [-0.25, -0.2) is 14.2 Å². The van der Waals surface area contributed by atoms with E-state index in [0.717, 1.165) is 12.3 Å². The third-order valence-corrected chi connectivity index (χ3v) is 1.15. The summed E-state index contributed by atoms with van der Waals surface area (Å²) < 4.78 is 21.4. The van der Waals surface area contributed by atoms with E-state index >= 15 is 0 Å². The van der Waals surface area contributed by atoms with Crippen molar-refractivity contribution < 1.29 is 18.7 Å². The van der Waals surface area contributed by atoms with E-state index in [2.05, 4.69) is 14.5 Å². The second kappa shape index (κ2) is 4.39. The average molecular weight is 185 g/mol. The summed E-state index contributed by atoms with van der Waals surface area (Å²) >= 11 is 0. The number of aromatic nitrogens is 1. The van der Waals surface area contributed by atoms with Crippen LogP contribution in [0.2, 0.25) is 0 Å². The summed E-state index contributed by atoms with van der Waals surface area (Å²) in [6.07, 6.45) is 0.107. The van der Waals surface area contributed by atoms with E-state index in [4.69, 9.17) is 0 Å². The third kappa shape index (κ3) is 3.06. The van der Waals surface area contributed by atoms with Crippen molar-refractivity contribution in [2.45, 2.75) is 6.92 Å². The maximum absolute atomic E-state index is 12.3. The molecule has 0 saturated heterocycles. The first-order valence-electron chi connectivity index (χ1n) is 3.68. The fraction of sp³-hybridized carbons (Fsp3) is 0.250. The van der Waals surface area contributed by atoms with Crippen molar-refractivity contribution in [3.8, 4) is 5.88 Å². The van der Waals surface area contributed by atoms with Crippen LogP contribution in [0, 0.1) is 5.82 Å². The predicted octanol–water partition coefficient (Wildman–Crippen LogP) is 1.76. The Morgan fingerprint density at radius 3 is 2.92 bits per heavy atom. The van der Waals surface area contributed by atoms with Gasteiger partial charge in [-0.1, -0.05) is 0 Å². The standard InChI is InChI=1S/C8H8FNO3/c1-2-12-8(11)13-7-4-3-6(9)5-10-7/h3-5H,2H2,1H3. The molecule has 0 unspecified atom stereocenters. The highest BCUT2D eigenvalue weighted by Gasteiger charge is 2.04. The van der Waals surface area contributed by atoms with Crippen molar-refractivity contribution in [3.05, 3.63) is 24.1 Å². The molecule has 1 heterocycles. The number of carbonyl (C=O) groups is 1. The molecular weight excluding hydrogens is 177 g/mol. The Hall–Kier alpha value is -1.65. The van der Waals surface area contributed by atoms with Gasteiger partial charge in [0.05, 0.1) is 12.8 Å². The van der Waals surface area contributed by atoms with Crippen LogP contribution < -0.4 is 4.74 Å². The van der Waals surface area contributed by atoms with Gasteiger partial charge in [0, 0.05) is 6.07 Å². The molecule has 0 aliphatic heterocycles. The van der Waals surface area contributed by atoms with E-state index in [1.165, 1.54) is 6.07 Å². The number of nitrogens with zero attached hydrogens (tertiary/aromatic N) is 1. The molecule has 0 aliphatic rings. The lowest BCUT2D eigenvalue weighted by Gasteiger charge is -2.01. The van der Waals surface area contributed by atoms with Crippen LogP contribution in [0.5, 0.6) is 5.88 Å². The fourth-order valence-corrected chi connectivity index (χ4v) is 0.655. The van der Waals surface area contributed by atoms with E-state index < -0.39 is 12.0 Å². The number of pyridine rings is 1. The van der Waals surface area contributed by atoms with Crippen molar-refractivity contribution in [1.82, 2.24) is 4.98 Å². The van der Waals surface area contributed by atoms with E-state index in [0.29, 0.717) is 0 Å². The molecule has 0 fully saturated rings. The zero-order valence-corrected chi connectivity index (χ0v) is 6.99. The minimum Gasteiger partial charge on any atom is -0.434 e. The Bertz CT molecular complexity index is 286. The Morgan fingerprint density at radius 1 is 1.62 bits per heavy atom. The van der Waals surface area contributed by atoms with Crippen LogP contribution in [-0.4, -0.2) is 17.7 Å². The molecular formula is C8H8FNO3. The normalized spacial score (nSPS) is 9.38. The van der Waals surface area contributed by atoms with Crippen LogP contribution >= 0.6 is 0 Å². The van der Waals surface area contributed by atoms with Gasteiger partial charge in [0.15, 0.2) is 0 Å². The van der Waals surface area contributed by atoms with Gasteiger partial charge in [0.25, 0.3) is 0 Å². The Balaban J connectivity index is 2.54. The molecule has 1 rings (SSSR count). The van der Waals surface area contributed by atoms with Gasteiger partial charge >= 0.3 is 6.16 Å². The molecule has 5 heteroatoms. The van der Waals surface area contributed by atoms with Crippen molar-refractivity contribution in [1.29, 1.82) is 0 Å². The van der Waals surface area contributed by atoms with Gasteiger partial charge < -0.3 is 9.47 Å². The lowest BCUT2D eigenvalue weighted by atomic mass is 10.5. The Morgan fingerprint density at radius 2 is 2.38 bits per heavy atom. The molecule has 0 N–H and O–H groups in total. The molecule has 0 aromatic carbocycles. The van der Waals surface area contributed by atoms with Crippen LogP contribution in [0.25, 0.3) is 0 Å². The molecule has 1 aromatic rings. The first-order chi connectivity index (χ1) is 6.22. The molecule has 0 saturated carbocycles. The second-order valence-electron chi connectivity index (χ2n) is 2.10. The lowest BCUT2D eigenvalue weighted by Crippen LogP contribution is -2.10. The zero-order chi connectivity index (χ0) is 9.68. The minimum atomic E-state index is -0.846. The molecule has 4 nitrogen and oxygen atoms in total. The fourth-order valence-electron chi connectivity index (χ4n) is 0.655. The van der Waals surface area contributed by atoms with Gasteiger partial charge in [-0.15, -0.1) is 0 Å². The molecule has 0 amide bonds. The maximum Gasteiger partial charge on any atom is 0.515 e. The van der Waals surface area contributed by atoms with Crippen LogP contribution in [0.1, 0.15) is 6.92 Å². The second-order valence-corrected chi connectivity index (χ2v) is 2.10. The highest BCUT2D eigenvalue weighted by atomic mass is 19.1. The molecule has 0 atom stereocenters. The smallest absolute Gasteiger partial charge is 0.434 e. The number of carbonyl (C=O) groups excluding carboxylic acids is 1. The number of ether oxygens (including phenoxy) is 2. The summed E-state index contributed by atoms with van der Waals surface area (Å²) in [5, 5.41) is 0. The van der Waals surface area contributed by atoms with Crippen molar-refractivity contribution >= 4 is 6.16 Å². The number of hydrogen-bond donors (Lipinski definition) is 0. The molecule has 0 radical (unpaired) electrons. The Labute approximate surface area is 74.3 Å². The number of rotatable bonds is 2. The van der Waals surface area contributed by atoms with Crippen LogP contribution in [0.3, 0.4) is 0 Å². The molecule has 0 aliphatic carbocycles. The van der Waals surface area contributed by atoms with E-state index in [-0.39, 0.29) is 12.5 Å². The molecule has 0 spiro atoms. The summed E-state index contributed by atoms with van der Waals surface area (Å²) in [5.74, 6) is -0.476. The molecule has 1 aromatic heterocycles. The first-order valence-corrected chi connectivity index (χ1v) is 3.68. The summed E-state index contributed by atoms with van der Waals surface area (Å²) in [5.41, 5.74) is 0. The highest BCUT2D eigenvalue weighted by Crippen LogP contribution is 2.06. The minimum absolute atomic E-state index is 0.0138. The monoisotopic (exact) mass is 185 g/mol. The highest BCUT2D eigenvalue weighted by molar-refractivity contribution is 5.62. The number of hydrogen-bond acceptors (Lipinski definition) is 4. The SMILES string of the molecule is CCOC(=O)Oc1ccc(F)cn1. The number of halogens is 1. The van der Waals surface area contributed by atoms with Gasteiger partial charge in [0.1, 0.15) is 5.82 Å². The van der Waals surface area contributed by atoms with Gasteiger partial charge in [0.2, 0.25) is 5.88 Å².